The summed E-state index contributed by atoms with van der Waals surface area (Å²) in [6.45, 7) is 1.23. The smallest absolute Gasteiger partial charge is 0.312 e. The molecule has 1 heterocycles. The second kappa shape index (κ2) is 9.37. The molecule has 9 heteroatoms. The molecule has 1 aliphatic heterocycles. The highest BCUT2D eigenvalue weighted by Gasteiger charge is 2.28. The highest BCUT2D eigenvalue weighted by Crippen LogP contribution is 2.21. The van der Waals surface area contributed by atoms with Gasteiger partial charge < -0.3 is 15.1 Å². The predicted molar refractivity (Wildman–Crippen MR) is 110 cm³/mol. The van der Waals surface area contributed by atoms with Crippen LogP contribution in [-0.2, 0) is 16.1 Å². The average Bonchev–Trinajstić information content (AvgIpc) is 2.72. The third-order valence-corrected chi connectivity index (χ3v) is 5.44. The molecule has 1 saturated heterocycles. The van der Waals surface area contributed by atoms with Gasteiger partial charge in [-0.05, 0) is 42.0 Å². The predicted octanol–water partition coefficient (Wildman–Crippen LogP) is 2.84. The van der Waals surface area contributed by atoms with Crippen LogP contribution in [0.5, 0.6) is 0 Å². The molecule has 1 aliphatic rings. The van der Waals surface area contributed by atoms with Gasteiger partial charge in [0, 0.05) is 47.8 Å². The van der Waals surface area contributed by atoms with E-state index in [1.54, 1.807) is 23.1 Å². The monoisotopic (exact) mass is 481 g/mol. The van der Waals surface area contributed by atoms with Crippen LogP contribution >= 0.6 is 27.5 Å². The molecule has 0 radical (unpaired) electrons. The Kier molecular flexibility index (Phi) is 6.87. The fraction of sp³-hybridized carbons (Fsp3) is 0.250. The van der Waals surface area contributed by atoms with Crippen molar-refractivity contribution in [2.75, 3.05) is 26.2 Å². The lowest BCUT2D eigenvalue weighted by molar-refractivity contribution is -0.146. The first-order valence-electron chi connectivity index (χ1n) is 8.91. The summed E-state index contributed by atoms with van der Waals surface area (Å²) >= 11 is 9.42. The van der Waals surface area contributed by atoms with Crippen LogP contribution in [0.2, 0.25) is 5.02 Å². The van der Waals surface area contributed by atoms with Crippen LogP contribution in [0.25, 0.3) is 0 Å². The van der Waals surface area contributed by atoms with E-state index in [0.29, 0.717) is 29.2 Å². The molecule has 2 aromatic carbocycles. The van der Waals surface area contributed by atoms with Gasteiger partial charge in [-0.15, -0.1) is 0 Å². The maximum absolute atomic E-state index is 13.0. The molecule has 3 amide bonds. The Labute approximate surface area is 180 Å². The van der Waals surface area contributed by atoms with Crippen molar-refractivity contribution in [2.45, 2.75) is 6.54 Å². The number of carbonyl (C=O) groups excluding carboxylic acids is 3. The molecule has 0 atom stereocenters. The van der Waals surface area contributed by atoms with Crippen LogP contribution < -0.4 is 5.32 Å². The molecule has 3 rings (SSSR count). The minimum absolute atomic E-state index is 0.139. The summed E-state index contributed by atoms with van der Waals surface area (Å²) in [5.74, 6) is -2.01. The van der Waals surface area contributed by atoms with E-state index in [1.807, 2.05) is 0 Å². The minimum Gasteiger partial charge on any atom is -0.344 e. The number of amides is 3. The van der Waals surface area contributed by atoms with Crippen molar-refractivity contribution in [1.82, 2.24) is 15.1 Å². The molecule has 0 aliphatic carbocycles. The fourth-order valence-corrected chi connectivity index (χ4v) is 3.69. The fourth-order valence-electron chi connectivity index (χ4n) is 2.95. The van der Waals surface area contributed by atoms with Gasteiger partial charge in [-0.25, -0.2) is 4.39 Å². The third kappa shape index (κ3) is 5.33. The van der Waals surface area contributed by atoms with Crippen molar-refractivity contribution in [2.24, 2.45) is 0 Å². The van der Waals surface area contributed by atoms with Gasteiger partial charge >= 0.3 is 11.8 Å². The second-order valence-corrected chi connectivity index (χ2v) is 7.83. The molecule has 1 fully saturated rings. The van der Waals surface area contributed by atoms with E-state index >= 15 is 0 Å². The molecule has 0 aromatic heterocycles. The zero-order chi connectivity index (χ0) is 21.0. The Morgan fingerprint density at radius 2 is 1.62 bits per heavy atom. The van der Waals surface area contributed by atoms with Crippen molar-refractivity contribution >= 4 is 45.3 Å². The molecule has 29 heavy (non-hydrogen) atoms. The number of nitrogens with zero attached hydrogens (tertiary/aromatic N) is 2. The summed E-state index contributed by atoms with van der Waals surface area (Å²) in [6.07, 6.45) is 0. The molecule has 0 bridgehead atoms. The van der Waals surface area contributed by atoms with E-state index in [9.17, 15) is 18.8 Å². The van der Waals surface area contributed by atoms with Gasteiger partial charge in [-0.1, -0.05) is 33.6 Å². The highest BCUT2D eigenvalue weighted by atomic mass is 79.9. The van der Waals surface area contributed by atoms with Gasteiger partial charge in [0.05, 0.1) is 0 Å². The van der Waals surface area contributed by atoms with Crippen LogP contribution in [-0.4, -0.2) is 53.7 Å². The SMILES string of the molecule is O=C(NCc1ccc(Br)cc1Cl)C(=O)N1CCN(C(=O)c2ccc(F)cc2)CC1. The zero-order valence-electron chi connectivity index (χ0n) is 15.3. The van der Waals surface area contributed by atoms with Crippen LogP contribution in [0, 0.1) is 5.82 Å². The maximum Gasteiger partial charge on any atom is 0.312 e. The Hall–Kier alpha value is -2.45. The Morgan fingerprint density at radius 3 is 2.24 bits per heavy atom. The van der Waals surface area contributed by atoms with Gasteiger partial charge in [0.15, 0.2) is 0 Å². The highest BCUT2D eigenvalue weighted by molar-refractivity contribution is 9.10. The van der Waals surface area contributed by atoms with Crippen molar-refractivity contribution in [1.29, 1.82) is 0 Å². The summed E-state index contributed by atoms with van der Waals surface area (Å²) < 4.78 is 13.8. The lowest BCUT2D eigenvalue weighted by Gasteiger charge is -2.34. The van der Waals surface area contributed by atoms with E-state index in [4.69, 9.17) is 11.6 Å². The lowest BCUT2D eigenvalue weighted by atomic mass is 10.1. The molecule has 0 unspecified atom stereocenters. The van der Waals surface area contributed by atoms with Crippen molar-refractivity contribution < 1.29 is 18.8 Å². The topological polar surface area (TPSA) is 69.7 Å². The molecule has 0 saturated carbocycles. The quantitative estimate of drug-likeness (QED) is 0.684. The van der Waals surface area contributed by atoms with Gasteiger partial charge in [0.1, 0.15) is 5.82 Å². The number of piperazine rings is 1. The van der Waals surface area contributed by atoms with E-state index in [0.717, 1.165) is 4.47 Å². The van der Waals surface area contributed by atoms with Gasteiger partial charge in [-0.2, -0.15) is 0 Å². The van der Waals surface area contributed by atoms with Crippen LogP contribution in [0.15, 0.2) is 46.9 Å². The number of hydrogen-bond acceptors (Lipinski definition) is 3. The second-order valence-electron chi connectivity index (χ2n) is 6.51. The summed E-state index contributed by atoms with van der Waals surface area (Å²) in [7, 11) is 0. The molecule has 1 N–H and O–H groups in total. The minimum atomic E-state index is -0.720. The van der Waals surface area contributed by atoms with Crippen LogP contribution in [0.4, 0.5) is 4.39 Å². The van der Waals surface area contributed by atoms with Crippen molar-refractivity contribution in [3.05, 3.63) is 68.9 Å². The first kappa shape index (κ1) is 21.3. The summed E-state index contributed by atoms with van der Waals surface area (Å²) in [5.41, 5.74) is 1.08. The normalized spacial score (nSPS) is 13.9. The molecule has 152 valence electrons. The number of hydrogen-bond donors (Lipinski definition) is 1. The van der Waals surface area contributed by atoms with Crippen LogP contribution in [0.3, 0.4) is 0 Å². The molecule has 0 spiro atoms. The summed E-state index contributed by atoms with van der Waals surface area (Å²) in [6, 6.07) is 10.6. The van der Waals surface area contributed by atoms with Crippen molar-refractivity contribution in [3.8, 4) is 0 Å². The molecular weight excluding hydrogens is 465 g/mol. The number of carbonyl (C=O) groups is 3. The average molecular weight is 483 g/mol. The van der Waals surface area contributed by atoms with Gasteiger partial charge in [0.2, 0.25) is 0 Å². The first-order valence-corrected chi connectivity index (χ1v) is 10.1. The summed E-state index contributed by atoms with van der Waals surface area (Å²) in [5, 5.41) is 3.06. The van der Waals surface area contributed by atoms with E-state index in [1.165, 1.54) is 29.2 Å². The zero-order valence-corrected chi connectivity index (χ0v) is 17.7. The molecule has 2 aromatic rings. The van der Waals surface area contributed by atoms with E-state index in [-0.39, 0.29) is 25.5 Å². The number of rotatable bonds is 3. The summed E-state index contributed by atoms with van der Waals surface area (Å²) in [4.78, 5) is 40.0. The van der Waals surface area contributed by atoms with Gasteiger partial charge in [-0.3, -0.25) is 14.4 Å². The maximum atomic E-state index is 13.0. The standard InChI is InChI=1S/C20H18BrClFN3O3/c21-15-4-1-14(17(22)11-15)12-24-18(27)20(29)26-9-7-25(8-10-26)19(28)13-2-5-16(23)6-3-13/h1-6,11H,7-10,12H2,(H,24,27). The molecule has 6 nitrogen and oxygen atoms in total. The molecular formula is C20H18BrClFN3O3. The van der Waals surface area contributed by atoms with Crippen LogP contribution in [0.1, 0.15) is 15.9 Å². The van der Waals surface area contributed by atoms with E-state index in [2.05, 4.69) is 21.2 Å². The Balaban J connectivity index is 1.50. The largest absolute Gasteiger partial charge is 0.344 e. The van der Waals surface area contributed by atoms with E-state index < -0.39 is 17.6 Å². The first-order chi connectivity index (χ1) is 13.8. The third-order valence-electron chi connectivity index (χ3n) is 4.59. The lowest BCUT2D eigenvalue weighted by Crippen LogP contribution is -2.53. The number of nitrogens with one attached hydrogen (secondary N) is 1. The van der Waals surface area contributed by atoms with Crippen molar-refractivity contribution in [3.63, 3.8) is 0 Å². The Morgan fingerprint density at radius 1 is 1.00 bits per heavy atom. The van der Waals surface area contributed by atoms with Gasteiger partial charge in [0.25, 0.3) is 5.91 Å². The Bertz CT molecular complexity index is 931. The number of halogens is 3. The number of benzene rings is 2.